The predicted octanol–water partition coefficient (Wildman–Crippen LogP) is 1.43. The van der Waals surface area contributed by atoms with Gasteiger partial charge in [-0.1, -0.05) is 28.7 Å². The number of hydrogen-bond acceptors (Lipinski definition) is 2. The van der Waals surface area contributed by atoms with Crippen LogP contribution >= 0.6 is 22.6 Å². The Balaban J connectivity index is 4.22. The fourth-order valence-electron chi connectivity index (χ4n) is 0.763. The lowest BCUT2D eigenvalue weighted by Crippen LogP contribution is -2.12. The van der Waals surface area contributed by atoms with Gasteiger partial charge in [-0.15, -0.1) is 0 Å². The molecule has 0 aromatic carbocycles. The molecule has 0 aliphatic heterocycles. The number of allylic oxidation sites excluding steroid dienone is 1. The lowest BCUT2D eigenvalue weighted by atomic mass is 10.1. The molecular weight excluding hydrogens is 251 g/mol. The lowest BCUT2D eigenvalue weighted by Gasteiger charge is -2.05. The van der Waals surface area contributed by atoms with E-state index in [-0.39, 0.29) is 0 Å². The van der Waals surface area contributed by atoms with Gasteiger partial charge in [-0.2, -0.15) is 0 Å². The average molecular weight is 266 g/mol. The molecule has 2 nitrogen and oxygen atoms in total. The molecule has 0 aliphatic carbocycles. The van der Waals surface area contributed by atoms with Crippen molar-refractivity contribution in [1.29, 1.82) is 0 Å². The first-order valence-corrected chi connectivity index (χ1v) is 5.07. The van der Waals surface area contributed by atoms with Crippen molar-refractivity contribution in [3.05, 3.63) is 23.4 Å². The standard InChI is InChI=1S/C8H15IN2/c1-7(5-10)8(3-4-9)6-11-2/h3,5,11H,4,6,10H2,1-2H3/b7-5-,8-3-. The van der Waals surface area contributed by atoms with E-state index in [0.29, 0.717) is 0 Å². The van der Waals surface area contributed by atoms with E-state index < -0.39 is 0 Å². The summed E-state index contributed by atoms with van der Waals surface area (Å²) in [6, 6.07) is 0. The minimum Gasteiger partial charge on any atom is -0.404 e. The van der Waals surface area contributed by atoms with Crippen LogP contribution in [0.15, 0.2) is 23.4 Å². The first kappa shape index (κ1) is 11.0. The fourth-order valence-corrected chi connectivity index (χ4v) is 1.29. The van der Waals surface area contributed by atoms with Crippen LogP contribution in [0.25, 0.3) is 0 Å². The van der Waals surface area contributed by atoms with Crippen LogP contribution in [0.1, 0.15) is 6.92 Å². The van der Waals surface area contributed by atoms with E-state index in [2.05, 4.69) is 34.0 Å². The number of rotatable bonds is 4. The maximum atomic E-state index is 5.40. The Morgan fingerprint density at radius 1 is 1.64 bits per heavy atom. The van der Waals surface area contributed by atoms with Gasteiger partial charge in [0, 0.05) is 11.0 Å². The zero-order valence-electron chi connectivity index (χ0n) is 7.02. The third-order valence-electron chi connectivity index (χ3n) is 1.45. The summed E-state index contributed by atoms with van der Waals surface area (Å²) in [4.78, 5) is 0. The van der Waals surface area contributed by atoms with Gasteiger partial charge in [0.05, 0.1) is 0 Å². The van der Waals surface area contributed by atoms with Gasteiger partial charge in [0.15, 0.2) is 0 Å². The molecular formula is C8H15IN2. The highest BCUT2D eigenvalue weighted by molar-refractivity contribution is 14.1. The SMILES string of the molecule is CNCC(=C/CI)/C(C)=C\N. The summed E-state index contributed by atoms with van der Waals surface area (Å²) in [5.41, 5.74) is 7.83. The van der Waals surface area contributed by atoms with E-state index in [1.54, 1.807) is 6.20 Å². The molecule has 0 atom stereocenters. The predicted molar refractivity (Wildman–Crippen MR) is 58.8 cm³/mol. The maximum Gasteiger partial charge on any atom is 0.0202 e. The van der Waals surface area contributed by atoms with Crippen LogP contribution in [0.5, 0.6) is 0 Å². The van der Waals surface area contributed by atoms with E-state index in [0.717, 1.165) is 16.5 Å². The van der Waals surface area contributed by atoms with Crippen molar-refractivity contribution in [2.45, 2.75) is 6.92 Å². The molecule has 0 heterocycles. The van der Waals surface area contributed by atoms with Gasteiger partial charge >= 0.3 is 0 Å². The van der Waals surface area contributed by atoms with Crippen LogP contribution in [0.2, 0.25) is 0 Å². The Kier molecular flexibility index (Phi) is 6.65. The number of halogens is 1. The Bertz CT molecular complexity index is 161. The van der Waals surface area contributed by atoms with Gasteiger partial charge in [0.1, 0.15) is 0 Å². The Morgan fingerprint density at radius 3 is 2.64 bits per heavy atom. The number of alkyl halides is 1. The zero-order chi connectivity index (χ0) is 8.69. The molecule has 64 valence electrons. The molecule has 0 unspecified atom stereocenters. The van der Waals surface area contributed by atoms with Gasteiger partial charge in [0.25, 0.3) is 0 Å². The summed E-state index contributed by atoms with van der Waals surface area (Å²) in [7, 11) is 1.94. The highest BCUT2D eigenvalue weighted by Crippen LogP contribution is 2.06. The number of nitrogens with one attached hydrogen (secondary N) is 1. The Morgan fingerprint density at radius 2 is 2.27 bits per heavy atom. The summed E-state index contributed by atoms with van der Waals surface area (Å²) in [6.07, 6.45) is 3.82. The second-order valence-electron chi connectivity index (χ2n) is 2.26. The molecule has 0 spiro atoms. The topological polar surface area (TPSA) is 38.0 Å². The molecule has 0 radical (unpaired) electrons. The van der Waals surface area contributed by atoms with Crippen LogP contribution in [-0.4, -0.2) is 18.0 Å². The molecule has 0 amide bonds. The highest BCUT2D eigenvalue weighted by atomic mass is 127. The summed E-state index contributed by atoms with van der Waals surface area (Å²) in [5.74, 6) is 0. The van der Waals surface area contributed by atoms with Crippen molar-refractivity contribution < 1.29 is 0 Å². The third kappa shape index (κ3) is 4.42. The highest BCUT2D eigenvalue weighted by Gasteiger charge is 1.95. The molecule has 0 saturated carbocycles. The van der Waals surface area contributed by atoms with E-state index in [4.69, 9.17) is 5.73 Å². The largest absolute Gasteiger partial charge is 0.404 e. The summed E-state index contributed by atoms with van der Waals surface area (Å²) in [6.45, 7) is 2.91. The van der Waals surface area contributed by atoms with Crippen molar-refractivity contribution in [3.8, 4) is 0 Å². The minimum absolute atomic E-state index is 0.891. The summed E-state index contributed by atoms with van der Waals surface area (Å²) < 4.78 is 1.03. The van der Waals surface area contributed by atoms with Crippen molar-refractivity contribution in [3.63, 3.8) is 0 Å². The summed E-state index contributed by atoms with van der Waals surface area (Å²) in [5, 5.41) is 3.10. The van der Waals surface area contributed by atoms with Crippen molar-refractivity contribution in [2.24, 2.45) is 5.73 Å². The van der Waals surface area contributed by atoms with Crippen LogP contribution in [0, 0.1) is 0 Å². The van der Waals surface area contributed by atoms with Crippen LogP contribution in [0.4, 0.5) is 0 Å². The normalized spacial score (nSPS) is 13.7. The number of nitrogens with two attached hydrogens (primary N) is 1. The van der Waals surface area contributed by atoms with Gasteiger partial charge in [-0.25, -0.2) is 0 Å². The van der Waals surface area contributed by atoms with Crippen molar-refractivity contribution in [2.75, 3.05) is 18.0 Å². The van der Waals surface area contributed by atoms with Crippen LogP contribution in [0.3, 0.4) is 0 Å². The molecule has 0 bridgehead atoms. The molecule has 3 heteroatoms. The Labute approximate surface area is 82.1 Å². The molecule has 0 fully saturated rings. The molecule has 0 aromatic rings. The minimum atomic E-state index is 0.891. The van der Waals surface area contributed by atoms with E-state index >= 15 is 0 Å². The van der Waals surface area contributed by atoms with Gasteiger partial charge in [-0.05, 0) is 31.3 Å². The summed E-state index contributed by atoms with van der Waals surface area (Å²) >= 11 is 2.32. The molecule has 0 aromatic heterocycles. The van der Waals surface area contributed by atoms with Crippen LogP contribution < -0.4 is 11.1 Å². The van der Waals surface area contributed by atoms with E-state index in [1.165, 1.54) is 5.57 Å². The molecule has 0 aliphatic rings. The zero-order valence-corrected chi connectivity index (χ0v) is 9.18. The first-order valence-electron chi connectivity index (χ1n) is 3.54. The lowest BCUT2D eigenvalue weighted by molar-refractivity contribution is 0.883. The van der Waals surface area contributed by atoms with E-state index in [1.807, 2.05) is 14.0 Å². The van der Waals surface area contributed by atoms with E-state index in [9.17, 15) is 0 Å². The third-order valence-corrected chi connectivity index (χ3v) is 1.89. The van der Waals surface area contributed by atoms with Gasteiger partial charge in [0.2, 0.25) is 0 Å². The van der Waals surface area contributed by atoms with Gasteiger partial charge < -0.3 is 11.1 Å². The van der Waals surface area contributed by atoms with Gasteiger partial charge in [-0.3, -0.25) is 0 Å². The molecule has 3 N–H and O–H groups in total. The second-order valence-corrected chi connectivity index (χ2v) is 3.14. The monoisotopic (exact) mass is 266 g/mol. The van der Waals surface area contributed by atoms with Crippen LogP contribution in [-0.2, 0) is 0 Å². The quantitative estimate of drug-likeness (QED) is 0.459. The number of likely N-dealkylation sites (N-methyl/N-ethyl adjacent to an activating group) is 1. The Hall–Kier alpha value is -0.0300. The number of hydrogen-bond donors (Lipinski definition) is 2. The molecule has 0 rings (SSSR count). The maximum absolute atomic E-state index is 5.40. The smallest absolute Gasteiger partial charge is 0.0202 e. The fraction of sp³-hybridized carbons (Fsp3) is 0.500. The van der Waals surface area contributed by atoms with Crippen molar-refractivity contribution >= 4 is 22.6 Å². The molecule has 0 saturated heterocycles. The molecule has 11 heavy (non-hydrogen) atoms. The first-order chi connectivity index (χ1) is 5.26. The van der Waals surface area contributed by atoms with Crippen molar-refractivity contribution in [1.82, 2.24) is 5.32 Å². The second kappa shape index (κ2) is 6.67. The average Bonchev–Trinajstić information content (AvgIpc) is 2.03.